The van der Waals surface area contributed by atoms with Gasteiger partial charge in [0.1, 0.15) is 5.75 Å². The van der Waals surface area contributed by atoms with Gasteiger partial charge in [0.05, 0.1) is 6.61 Å². The number of amides is 1. The first-order valence-corrected chi connectivity index (χ1v) is 7.13. The monoisotopic (exact) mass is 282 g/mol. The molecule has 2 aromatic rings. The lowest BCUT2D eigenvalue weighted by Gasteiger charge is -2.17. The molecule has 1 heterocycles. The smallest absolute Gasteiger partial charge is 0.258 e. The van der Waals surface area contributed by atoms with Gasteiger partial charge in [0.15, 0.2) is 0 Å². The highest BCUT2D eigenvalue weighted by atomic mass is 16.5. The van der Waals surface area contributed by atoms with Crippen LogP contribution < -0.4 is 15.4 Å². The van der Waals surface area contributed by atoms with Crippen molar-refractivity contribution in [2.75, 3.05) is 23.8 Å². The van der Waals surface area contributed by atoms with Crippen molar-refractivity contribution in [3.8, 4) is 5.75 Å². The minimum atomic E-state index is 0.00222. The van der Waals surface area contributed by atoms with Gasteiger partial charge in [-0.2, -0.15) is 0 Å². The molecule has 0 atom stereocenters. The number of hydrogen-bond donors (Lipinski definition) is 1. The molecule has 0 saturated carbocycles. The molecule has 4 nitrogen and oxygen atoms in total. The number of nitrogens with zero attached hydrogens (tertiary/aromatic N) is 1. The molecular weight excluding hydrogens is 264 g/mol. The summed E-state index contributed by atoms with van der Waals surface area (Å²) >= 11 is 0. The predicted octanol–water partition coefficient (Wildman–Crippen LogP) is 2.87. The number of hydrogen-bond acceptors (Lipinski definition) is 3. The summed E-state index contributed by atoms with van der Waals surface area (Å²) in [6.07, 6.45) is 0.810. The fourth-order valence-corrected chi connectivity index (χ4v) is 2.69. The molecule has 108 valence electrons. The maximum atomic E-state index is 12.6. The third kappa shape index (κ3) is 2.44. The first kappa shape index (κ1) is 13.5. The molecule has 3 rings (SSSR count). The highest BCUT2D eigenvalue weighted by molar-refractivity contribution is 6.07. The molecule has 0 unspecified atom stereocenters. The SMILES string of the molecule is CCOc1ccc(C(=O)N2CCc3c(N)cccc32)cc1. The van der Waals surface area contributed by atoms with Crippen molar-refractivity contribution < 1.29 is 9.53 Å². The van der Waals surface area contributed by atoms with Crippen LogP contribution in [0.25, 0.3) is 0 Å². The fourth-order valence-electron chi connectivity index (χ4n) is 2.69. The Kier molecular flexibility index (Phi) is 3.52. The quantitative estimate of drug-likeness (QED) is 0.881. The van der Waals surface area contributed by atoms with Crippen molar-refractivity contribution in [1.82, 2.24) is 0 Å². The summed E-state index contributed by atoms with van der Waals surface area (Å²) in [6.45, 7) is 3.23. The van der Waals surface area contributed by atoms with Crippen LogP contribution >= 0.6 is 0 Å². The molecule has 0 aliphatic carbocycles. The molecule has 0 fully saturated rings. The Morgan fingerprint density at radius 2 is 2.00 bits per heavy atom. The average Bonchev–Trinajstić information content (AvgIpc) is 2.93. The first-order valence-electron chi connectivity index (χ1n) is 7.13. The molecule has 4 heteroatoms. The van der Waals surface area contributed by atoms with E-state index in [9.17, 15) is 4.79 Å². The second-order valence-electron chi connectivity index (χ2n) is 5.01. The lowest BCUT2D eigenvalue weighted by atomic mass is 10.1. The van der Waals surface area contributed by atoms with Crippen LogP contribution in [0.1, 0.15) is 22.8 Å². The van der Waals surface area contributed by atoms with Gasteiger partial charge < -0.3 is 15.4 Å². The Hall–Kier alpha value is -2.49. The molecular formula is C17H18N2O2. The molecule has 21 heavy (non-hydrogen) atoms. The molecule has 1 amide bonds. The lowest BCUT2D eigenvalue weighted by Crippen LogP contribution is -2.28. The molecule has 0 radical (unpaired) electrons. The Labute approximate surface area is 124 Å². The third-order valence-corrected chi connectivity index (χ3v) is 3.72. The zero-order chi connectivity index (χ0) is 14.8. The summed E-state index contributed by atoms with van der Waals surface area (Å²) in [5, 5.41) is 0. The number of carbonyl (C=O) groups excluding carboxylic acids is 1. The number of rotatable bonds is 3. The van der Waals surface area contributed by atoms with E-state index in [1.165, 1.54) is 0 Å². The van der Waals surface area contributed by atoms with Crippen LogP contribution in [-0.2, 0) is 6.42 Å². The van der Waals surface area contributed by atoms with E-state index in [1.807, 2.05) is 37.3 Å². The normalized spacial score (nSPS) is 13.1. The molecule has 0 saturated heterocycles. The number of ether oxygens (including phenoxy) is 1. The number of nitrogens with two attached hydrogens (primary N) is 1. The van der Waals surface area contributed by atoms with Crippen molar-refractivity contribution in [2.24, 2.45) is 0 Å². The second-order valence-corrected chi connectivity index (χ2v) is 5.01. The Bertz CT molecular complexity index is 665. The average molecular weight is 282 g/mol. The van der Waals surface area contributed by atoms with E-state index >= 15 is 0 Å². The van der Waals surface area contributed by atoms with Gasteiger partial charge in [-0.05, 0) is 49.7 Å². The second kappa shape index (κ2) is 5.48. The van der Waals surface area contributed by atoms with E-state index in [4.69, 9.17) is 10.5 Å². The minimum absolute atomic E-state index is 0.00222. The topological polar surface area (TPSA) is 55.6 Å². The van der Waals surface area contributed by atoms with Gasteiger partial charge in [0, 0.05) is 29.0 Å². The van der Waals surface area contributed by atoms with Crippen LogP contribution in [0, 0.1) is 0 Å². The summed E-state index contributed by atoms with van der Waals surface area (Å²) < 4.78 is 5.40. The number of nitrogen functional groups attached to an aromatic ring is 1. The van der Waals surface area contributed by atoms with E-state index in [0.717, 1.165) is 29.1 Å². The van der Waals surface area contributed by atoms with Gasteiger partial charge in [-0.25, -0.2) is 0 Å². The number of benzene rings is 2. The summed E-state index contributed by atoms with van der Waals surface area (Å²) in [5.74, 6) is 0.780. The summed E-state index contributed by atoms with van der Waals surface area (Å²) in [4.78, 5) is 14.4. The molecule has 0 aromatic heterocycles. The maximum Gasteiger partial charge on any atom is 0.258 e. The van der Waals surface area contributed by atoms with Gasteiger partial charge in [-0.3, -0.25) is 4.79 Å². The first-order chi connectivity index (χ1) is 10.2. The zero-order valence-corrected chi connectivity index (χ0v) is 12.0. The van der Waals surface area contributed by atoms with Crippen LogP contribution in [0.4, 0.5) is 11.4 Å². The van der Waals surface area contributed by atoms with Crippen LogP contribution in [0.3, 0.4) is 0 Å². The van der Waals surface area contributed by atoms with Gasteiger partial charge in [0.2, 0.25) is 0 Å². The van der Waals surface area contributed by atoms with E-state index in [1.54, 1.807) is 17.0 Å². The van der Waals surface area contributed by atoms with E-state index in [0.29, 0.717) is 18.7 Å². The third-order valence-electron chi connectivity index (χ3n) is 3.72. The Morgan fingerprint density at radius 1 is 1.24 bits per heavy atom. The van der Waals surface area contributed by atoms with Gasteiger partial charge in [0.25, 0.3) is 5.91 Å². The Morgan fingerprint density at radius 3 is 2.71 bits per heavy atom. The molecule has 2 aromatic carbocycles. The molecule has 0 spiro atoms. The minimum Gasteiger partial charge on any atom is -0.494 e. The highest BCUT2D eigenvalue weighted by Gasteiger charge is 2.26. The van der Waals surface area contributed by atoms with Crippen molar-refractivity contribution in [3.05, 3.63) is 53.6 Å². The lowest BCUT2D eigenvalue weighted by molar-refractivity contribution is 0.0989. The van der Waals surface area contributed by atoms with E-state index < -0.39 is 0 Å². The van der Waals surface area contributed by atoms with Crippen molar-refractivity contribution >= 4 is 17.3 Å². The van der Waals surface area contributed by atoms with Crippen molar-refractivity contribution in [3.63, 3.8) is 0 Å². The number of anilines is 2. The highest BCUT2D eigenvalue weighted by Crippen LogP contribution is 2.33. The van der Waals surface area contributed by atoms with Gasteiger partial charge in [-0.15, -0.1) is 0 Å². The zero-order valence-electron chi connectivity index (χ0n) is 12.0. The molecule has 1 aliphatic heterocycles. The van der Waals surface area contributed by atoms with Gasteiger partial charge >= 0.3 is 0 Å². The van der Waals surface area contributed by atoms with Crippen LogP contribution in [-0.4, -0.2) is 19.1 Å². The van der Waals surface area contributed by atoms with E-state index in [-0.39, 0.29) is 5.91 Å². The molecule has 2 N–H and O–H groups in total. The van der Waals surface area contributed by atoms with Gasteiger partial charge in [-0.1, -0.05) is 6.07 Å². The number of carbonyl (C=O) groups is 1. The Balaban J connectivity index is 1.86. The fraction of sp³-hybridized carbons (Fsp3) is 0.235. The summed E-state index contributed by atoms with van der Waals surface area (Å²) in [7, 11) is 0. The van der Waals surface area contributed by atoms with E-state index in [2.05, 4.69) is 0 Å². The van der Waals surface area contributed by atoms with Crippen LogP contribution in [0.5, 0.6) is 5.75 Å². The number of fused-ring (bicyclic) bond motifs is 1. The summed E-state index contributed by atoms with van der Waals surface area (Å²) in [5.41, 5.74) is 9.38. The molecule has 0 bridgehead atoms. The van der Waals surface area contributed by atoms with Crippen molar-refractivity contribution in [1.29, 1.82) is 0 Å². The van der Waals surface area contributed by atoms with Crippen LogP contribution in [0.15, 0.2) is 42.5 Å². The predicted molar refractivity (Wildman–Crippen MR) is 83.8 cm³/mol. The van der Waals surface area contributed by atoms with Crippen molar-refractivity contribution in [2.45, 2.75) is 13.3 Å². The maximum absolute atomic E-state index is 12.6. The largest absolute Gasteiger partial charge is 0.494 e. The summed E-state index contributed by atoms with van der Waals surface area (Å²) in [6, 6.07) is 13.0. The standard InChI is InChI=1S/C17H18N2O2/c1-2-21-13-8-6-12(7-9-13)17(20)19-11-10-14-15(18)4-3-5-16(14)19/h3-9H,2,10-11,18H2,1H3. The molecule has 1 aliphatic rings. The van der Waals surface area contributed by atoms with Crippen LogP contribution in [0.2, 0.25) is 0 Å².